The van der Waals surface area contributed by atoms with Crippen LogP contribution in [0.4, 0.5) is 0 Å². The number of rotatable bonds is 5. The van der Waals surface area contributed by atoms with Gasteiger partial charge in [0.15, 0.2) is 0 Å². The van der Waals surface area contributed by atoms with E-state index in [2.05, 4.69) is 9.80 Å². The highest BCUT2D eigenvalue weighted by Crippen LogP contribution is 2.28. The highest BCUT2D eigenvalue weighted by atomic mass is 16.5. The third-order valence-electron chi connectivity index (χ3n) is 7.60. The van der Waals surface area contributed by atoms with Gasteiger partial charge in [0.25, 0.3) is 0 Å². The molecule has 4 aliphatic rings. The molecule has 1 aliphatic carbocycles. The maximum atomic E-state index is 13.2. The fraction of sp³-hybridized carbons (Fsp3) is 0.913. The summed E-state index contributed by atoms with van der Waals surface area (Å²) in [4.78, 5) is 32.2. The third kappa shape index (κ3) is 5.72. The predicted molar refractivity (Wildman–Crippen MR) is 112 cm³/mol. The van der Waals surface area contributed by atoms with Gasteiger partial charge in [-0.2, -0.15) is 0 Å². The molecule has 0 unspecified atom stereocenters. The second-order valence-corrected chi connectivity index (χ2v) is 9.72. The van der Waals surface area contributed by atoms with Crippen molar-refractivity contribution in [3.8, 4) is 0 Å². The number of hydrogen-bond donors (Lipinski definition) is 0. The van der Waals surface area contributed by atoms with Crippen LogP contribution in [0.5, 0.6) is 0 Å². The summed E-state index contributed by atoms with van der Waals surface area (Å²) in [6.07, 6.45) is 9.96. The Labute approximate surface area is 175 Å². The lowest BCUT2D eigenvalue weighted by Gasteiger charge is -2.40. The average Bonchev–Trinajstić information content (AvgIpc) is 2.77. The SMILES string of the molecule is O=C1CC[C@H](C(=O)N2CCC(CN3CCOCC3)CC2)CN1CC1CCCCC1. The first-order valence-corrected chi connectivity index (χ1v) is 12.1. The molecule has 6 heteroatoms. The van der Waals surface area contributed by atoms with E-state index in [1.165, 1.54) is 32.1 Å². The Morgan fingerprint density at radius 1 is 0.862 bits per heavy atom. The molecule has 3 aliphatic heterocycles. The first kappa shape index (κ1) is 21.1. The van der Waals surface area contributed by atoms with Crippen molar-refractivity contribution in [2.75, 3.05) is 59.0 Å². The van der Waals surface area contributed by atoms with E-state index in [-0.39, 0.29) is 11.8 Å². The van der Waals surface area contributed by atoms with Crippen molar-refractivity contribution in [1.82, 2.24) is 14.7 Å². The maximum absolute atomic E-state index is 13.2. The number of amides is 2. The van der Waals surface area contributed by atoms with Gasteiger partial charge in [-0.3, -0.25) is 14.5 Å². The van der Waals surface area contributed by atoms with E-state index >= 15 is 0 Å². The van der Waals surface area contributed by atoms with Crippen molar-refractivity contribution < 1.29 is 14.3 Å². The van der Waals surface area contributed by atoms with Gasteiger partial charge in [-0.25, -0.2) is 0 Å². The summed E-state index contributed by atoms with van der Waals surface area (Å²) in [5.74, 6) is 1.94. The van der Waals surface area contributed by atoms with E-state index in [0.29, 0.717) is 30.7 Å². The first-order valence-electron chi connectivity index (χ1n) is 12.1. The highest BCUT2D eigenvalue weighted by molar-refractivity contribution is 5.84. The fourth-order valence-corrected chi connectivity index (χ4v) is 5.72. The Morgan fingerprint density at radius 3 is 2.28 bits per heavy atom. The molecule has 1 atom stereocenters. The molecule has 0 radical (unpaired) electrons. The van der Waals surface area contributed by atoms with Gasteiger partial charge < -0.3 is 14.5 Å². The van der Waals surface area contributed by atoms with Crippen LogP contribution in [0.1, 0.15) is 57.8 Å². The molecule has 2 amide bonds. The van der Waals surface area contributed by atoms with Crippen LogP contribution in [0.2, 0.25) is 0 Å². The van der Waals surface area contributed by atoms with Gasteiger partial charge in [0, 0.05) is 52.2 Å². The molecule has 6 nitrogen and oxygen atoms in total. The summed E-state index contributed by atoms with van der Waals surface area (Å²) in [5.41, 5.74) is 0. The number of nitrogens with zero attached hydrogens (tertiary/aromatic N) is 3. The molecule has 3 saturated heterocycles. The van der Waals surface area contributed by atoms with Crippen molar-refractivity contribution in [2.24, 2.45) is 17.8 Å². The number of piperidine rings is 2. The molecule has 0 aromatic heterocycles. The second-order valence-electron chi connectivity index (χ2n) is 9.72. The quantitative estimate of drug-likeness (QED) is 0.705. The summed E-state index contributed by atoms with van der Waals surface area (Å²) < 4.78 is 5.45. The van der Waals surface area contributed by atoms with Crippen molar-refractivity contribution in [1.29, 1.82) is 0 Å². The Hall–Kier alpha value is -1.14. The molecule has 0 aromatic rings. The van der Waals surface area contributed by atoms with Gasteiger partial charge in [-0.15, -0.1) is 0 Å². The van der Waals surface area contributed by atoms with E-state index in [1.807, 2.05) is 4.90 Å². The van der Waals surface area contributed by atoms with Crippen LogP contribution in [0, 0.1) is 17.8 Å². The topological polar surface area (TPSA) is 53.1 Å². The first-order chi connectivity index (χ1) is 14.2. The minimum absolute atomic E-state index is 0.0204. The largest absolute Gasteiger partial charge is 0.379 e. The molecule has 3 heterocycles. The Bertz CT molecular complexity index is 550. The van der Waals surface area contributed by atoms with E-state index in [4.69, 9.17) is 4.74 Å². The molecule has 0 N–H and O–H groups in total. The maximum Gasteiger partial charge on any atom is 0.227 e. The van der Waals surface area contributed by atoms with Crippen molar-refractivity contribution in [3.05, 3.63) is 0 Å². The zero-order valence-electron chi connectivity index (χ0n) is 18.0. The molecule has 164 valence electrons. The van der Waals surface area contributed by atoms with Gasteiger partial charge in [-0.05, 0) is 43.9 Å². The summed E-state index contributed by atoms with van der Waals surface area (Å²) in [6, 6.07) is 0. The normalized spacial score (nSPS) is 28.7. The summed E-state index contributed by atoms with van der Waals surface area (Å²) in [5, 5.41) is 0. The van der Waals surface area contributed by atoms with Crippen molar-refractivity contribution in [3.63, 3.8) is 0 Å². The van der Waals surface area contributed by atoms with Crippen LogP contribution in [-0.4, -0.2) is 85.5 Å². The molecule has 0 spiro atoms. The number of carbonyl (C=O) groups excluding carboxylic acids is 2. The molecular formula is C23H39N3O3. The number of morpholine rings is 1. The second kappa shape index (κ2) is 10.3. The minimum Gasteiger partial charge on any atom is -0.379 e. The van der Waals surface area contributed by atoms with Crippen LogP contribution >= 0.6 is 0 Å². The van der Waals surface area contributed by atoms with Crippen LogP contribution in [0.3, 0.4) is 0 Å². The molecule has 0 aromatic carbocycles. The Morgan fingerprint density at radius 2 is 1.55 bits per heavy atom. The molecule has 29 heavy (non-hydrogen) atoms. The molecular weight excluding hydrogens is 366 g/mol. The van der Waals surface area contributed by atoms with Gasteiger partial charge >= 0.3 is 0 Å². The standard InChI is InChI=1S/C23H39N3O3/c27-22-7-6-21(18-26(22)17-19-4-2-1-3-5-19)23(28)25-10-8-20(9-11-25)16-24-12-14-29-15-13-24/h19-21H,1-18H2/t21-/m0/s1. The summed E-state index contributed by atoms with van der Waals surface area (Å²) >= 11 is 0. The van der Waals surface area contributed by atoms with E-state index in [0.717, 1.165) is 71.7 Å². The highest BCUT2D eigenvalue weighted by Gasteiger charge is 2.35. The molecule has 4 fully saturated rings. The lowest BCUT2D eigenvalue weighted by atomic mass is 9.87. The predicted octanol–water partition coefficient (Wildman–Crippen LogP) is 2.38. The Kier molecular flexibility index (Phi) is 7.46. The number of likely N-dealkylation sites (tertiary alicyclic amines) is 2. The zero-order chi connectivity index (χ0) is 20.1. The zero-order valence-corrected chi connectivity index (χ0v) is 18.0. The van der Waals surface area contributed by atoms with E-state index in [1.54, 1.807) is 0 Å². The third-order valence-corrected chi connectivity index (χ3v) is 7.60. The summed E-state index contributed by atoms with van der Waals surface area (Å²) in [6.45, 7) is 8.27. The number of ether oxygens (including phenoxy) is 1. The lowest BCUT2D eigenvalue weighted by molar-refractivity contribution is -0.144. The van der Waals surface area contributed by atoms with Crippen LogP contribution < -0.4 is 0 Å². The molecule has 0 bridgehead atoms. The monoisotopic (exact) mass is 405 g/mol. The molecule has 4 rings (SSSR count). The molecule has 1 saturated carbocycles. The van der Waals surface area contributed by atoms with Gasteiger partial charge in [0.05, 0.1) is 19.1 Å². The van der Waals surface area contributed by atoms with Crippen LogP contribution in [0.15, 0.2) is 0 Å². The smallest absolute Gasteiger partial charge is 0.227 e. The number of carbonyl (C=O) groups is 2. The fourth-order valence-electron chi connectivity index (χ4n) is 5.72. The summed E-state index contributed by atoms with van der Waals surface area (Å²) in [7, 11) is 0. The van der Waals surface area contributed by atoms with Crippen molar-refractivity contribution >= 4 is 11.8 Å². The lowest BCUT2D eigenvalue weighted by Crippen LogP contribution is -2.50. The van der Waals surface area contributed by atoms with Gasteiger partial charge in [0.1, 0.15) is 0 Å². The average molecular weight is 406 g/mol. The van der Waals surface area contributed by atoms with E-state index < -0.39 is 0 Å². The minimum atomic E-state index is 0.0204. The van der Waals surface area contributed by atoms with Crippen LogP contribution in [-0.2, 0) is 14.3 Å². The van der Waals surface area contributed by atoms with Crippen LogP contribution in [0.25, 0.3) is 0 Å². The number of hydrogen-bond acceptors (Lipinski definition) is 4. The van der Waals surface area contributed by atoms with Gasteiger partial charge in [-0.1, -0.05) is 19.3 Å². The van der Waals surface area contributed by atoms with Crippen molar-refractivity contribution in [2.45, 2.75) is 57.8 Å². The van der Waals surface area contributed by atoms with Gasteiger partial charge in [0.2, 0.25) is 11.8 Å². The Balaban J connectivity index is 1.23. The van der Waals surface area contributed by atoms with E-state index in [9.17, 15) is 9.59 Å².